The van der Waals surface area contributed by atoms with Gasteiger partial charge < -0.3 is 15.4 Å². The van der Waals surface area contributed by atoms with Crippen LogP contribution in [0.25, 0.3) is 0 Å². The first kappa shape index (κ1) is 11.0. The number of rotatable bonds is 3. The summed E-state index contributed by atoms with van der Waals surface area (Å²) < 4.78 is 0. The highest BCUT2D eigenvalue weighted by atomic mass is 35.5. The molecule has 86 valence electrons. The summed E-state index contributed by atoms with van der Waals surface area (Å²) in [7, 11) is 0. The van der Waals surface area contributed by atoms with Crippen molar-refractivity contribution in [1.29, 1.82) is 0 Å². The lowest BCUT2D eigenvalue weighted by Crippen LogP contribution is -2.59. The molecule has 0 aromatic carbocycles. The van der Waals surface area contributed by atoms with Crippen molar-refractivity contribution in [2.45, 2.75) is 24.8 Å². The van der Waals surface area contributed by atoms with Crippen molar-refractivity contribution >= 4 is 23.5 Å². The van der Waals surface area contributed by atoms with Crippen LogP contribution in [0, 0.1) is 0 Å². The Hall–Kier alpha value is -1.49. The van der Waals surface area contributed by atoms with E-state index in [0.29, 0.717) is 17.9 Å². The van der Waals surface area contributed by atoms with Crippen molar-refractivity contribution in [3.8, 4) is 0 Å². The fourth-order valence-corrected chi connectivity index (χ4v) is 1.87. The number of hydrogen-bond acceptors (Lipinski definition) is 2. The molecular formula is C10H11ClN2O3. The lowest BCUT2D eigenvalue weighted by Gasteiger charge is -2.38. The predicted molar refractivity (Wildman–Crippen MR) is 57.5 cm³/mol. The minimum atomic E-state index is -1.09. The van der Waals surface area contributed by atoms with Crippen molar-refractivity contribution in [2.75, 3.05) is 0 Å². The maximum atomic E-state index is 11.7. The third-order valence-electron chi connectivity index (χ3n) is 2.86. The topological polar surface area (TPSA) is 82.2 Å². The molecule has 1 aromatic heterocycles. The van der Waals surface area contributed by atoms with Gasteiger partial charge in [0.1, 0.15) is 11.2 Å². The maximum absolute atomic E-state index is 11.7. The number of nitrogens with one attached hydrogen (secondary N) is 2. The van der Waals surface area contributed by atoms with Crippen molar-refractivity contribution in [3.63, 3.8) is 0 Å². The average molecular weight is 243 g/mol. The monoisotopic (exact) mass is 242 g/mol. The number of hydrogen-bond donors (Lipinski definition) is 3. The summed E-state index contributed by atoms with van der Waals surface area (Å²) in [6.45, 7) is 0. The normalized spacial score (nSPS) is 17.6. The molecular weight excluding hydrogens is 232 g/mol. The SMILES string of the molecule is O=C(NC1(C(=O)O)CCC1)c1cc(Cl)c[nH]1. The highest BCUT2D eigenvalue weighted by Gasteiger charge is 2.45. The van der Waals surface area contributed by atoms with Crippen LogP contribution in [-0.4, -0.2) is 27.5 Å². The zero-order chi connectivity index (χ0) is 11.8. The minimum Gasteiger partial charge on any atom is -0.480 e. The van der Waals surface area contributed by atoms with Gasteiger partial charge in [0.05, 0.1) is 5.02 Å². The number of carbonyl (C=O) groups excluding carboxylic acids is 1. The first-order chi connectivity index (χ1) is 7.53. The fraction of sp³-hybridized carbons (Fsp3) is 0.400. The van der Waals surface area contributed by atoms with Gasteiger partial charge in [-0.2, -0.15) is 0 Å². The molecule has 0 atom stereocenters. The third kappa shape index (κ3) is 1.78. The summed E-state index contributed by atoms with van der Waals surface area (Å²) >= 11 is 5.66. The summed E-state index contributed by atoms with van der Waals surface area (Å²) in [5.41, 5.74) is -0.813. The first-order valence-electron chi connectivity index (χ1n) is 4.93. The third-order valence-corrected chi connectivity index (χ3v) is 3.08. The van der Waals surface area contributed by atoms with E-state index in [1.807, 2.05) is 0 Å². The van der Waals surface area contributed by atoms with Gasteiger partial charge in [-0.1, -0.05) is 11.6 Å². The van der Waals surface area contributed by atoms with Gasteiger partial charge in [0.2, 0.25) is 0 Å². The molecule has 0 aliphatic heterocycles. The second kappa shape index (κ2) is 3.83. The maximum Gasteiger partial charge on any atom is 0.329 e. The first-order valence-corrected chi connectivity index (χ1v) is 5.31. The molecule has 0 bridgehead atoms. The molecule has 5 nitrogen and oxygen atoms in total. The van der Waals surface area contributed by atoms with Crippen molar-refractivity contribution in [1.82, 2.24) is 10.3 Å². The second-order valence-electron chi connectivity index (χ2n) is 3.93. The van der Waals surface area contributed by atoms with Crippen LogP contribution in [0.4, 0.5) is 0 Å². The number of aromatic amines is 1. The van der Waals surface area contributed by atoms with Crippen LogP contribution in [0.1, 0.15) is 29.8 Å². The molecule has 0 spiro atoms. The molecule has 1 aromatic rings. The lowest BCUT2D eigenvalue weighted by molar-refractivity contribution is -0.148. The van der Waals surface area contributed by atoms with Crippen LogP contribution in [0.3, 0.4) is 0 Å². The van der Waals surface area contributed by atoms with E-state index in [-0.39, 0.29) is 5.69 Å². The molecule has 0 unspecified atom stereocenters. The number of carboxylic acids is 1. The second-order valence-corrected chi connectivity index (χ2v) is 4.36. The molecule has 0 radical (unpaired) electrons. The van der Waals surface area contributed by atoms with E-state index in [1.54, 1.807) is 0 Å². The summed E-state index contributed by atoms with van der Waals surface area (Å²) in [5.74, 6) is -1.42. The molecule has 3 N–H and O–H groups in total. The Morgan fingerprint density at radius 1 is 1.50 bits per heavy atom. The number of H-pyrrole nitrogens is 1. The average Bonchev–Trinajstić information content (AvgIpc) is 2.57. The van der Waals surface area contributed by atoms with Gasteiger partial charge in [0, 0.05) is 6.20 Å². The van der Waals surface area contributed by atoms with E-state index in [4.69, 9.17) is 16.7 Å². The number of aliphatic carboxylic acids is 1. The molecule has 16 heavy (non-hydrogen) atoms. The van der Waals surface area contributed by atoms with E-state index in [9.17, 15) is 9.59 Å². The van der Waals surface area contributed by atoms with E-state index >= 15 is 0 Å². The van der Waals surface area contributed by atoms with Gasteiger partial charge in [-0.3, -0.25) is 4.79 Å². The van der Waals surface area contributed by atoms with Crippen molar-refractivity contribution in [2.24, 2.45) is 0 Å². The van der Waals surface area contributed by atoms with E-state index < -0.39 is 17.4 Å². The largest absolute Gasteiger partial charge is 0.480 e. The molecule has 1 aliphatic rings. The van der Waals surface area contributed by atoms with Crippen LogP contribution in [0.15, 0.2) is 12.3 Å². The molecule has 6 heteroatoms. The molecule has 2 rings (SSSR count). The van der Waals surface area contributed by atoms with Crippen LogP contribution >= 0.6 is 11.6 Å². The number of amides is 1. The standard InChI is InChI=1S/C10H11ClN2O3/c11-6-4-7(12-5-6)8(14)13-10(9(15)16)2-1-3-10/h4-5,12H,1-3H2,(H,13,14)(H,15,16). The molecule has 1 aliphatic carbocycles. The Morgan fingerprint density at radius 3 is 2.56 bits per heavy atom. The quantitative estimate of drug-likeness (QED) is 0.749. The molecule has 1 amide bonds. The Labute approximate surface area is 96.8 Å². The van der Waals surface area contributed by atoms with Crippen LogP contribution in [0.5, 0.6) is 0 Å². The van der Waals surface area contributed by atoms with Crippen LogP contribution in [0.2, 0.25) is 5.02 Å². The Kier molecular flexibility index (Phi) is 2.63. The predicted octanol–water partition coefficient (Wildman–Crippen LogP) is 1.41. The lowest BCUT2D eigenvalue weighted by atomic mass is 9.76. The Morgan fingerprint density at radius 2 is 2.19 bits per heavy atom. The molecule has 1 saturated carbocycles. The zero-order valence-electron chi connectivity index (χ0n) is 8.42. The number of carbonyl (C=O) groups is 2. The smallest absolute Gasteiger partial charge is 0.329 e. The van der Waals surface area contributed by atoms with Gasteiger partial charge in [0.15, 0.2) is 0 Å². The molecule has 1 fully saturated rings. The minimum absolute atomic E-state index is 0.275. The fourth-order valence-electron chi connectivity index (χ4n) is 1.71. The van der Waals surface area contributed by atoms with Gasteiger partial charge in [-0.15, -0.1) is 0 Å². The van der Waals surface area contributed by atoms with Gasteiger partial charge >= 0.3 is 5.97 Å². The van der Waals surface area contributed by atoms with Gasteiger partial charge in [-0.05, 0) is 25.3 Å². The van der Waals surface area contributed by atoms with Crippen molar-refractivity contribution in [3.05, 3.63) is 23.0 Å². The van der Waals surface area contributed by atoms with E-state index in [1.165, 1.54) is 12.3 Å². The summed E-state index contributed by atoms with van der Waals surface area (Å²) in [4.78, 5) is 25.4. The number of carboxylic acid groups (broad SMARTS) is 1. The van der Waals surface area contributed by atoms with Gasteiger partial charge in [0.25, 0.3) is 5.91 Å². The van der Waals surface area contributed by atoms with Gasteiger partial charge in [-0.25, -0.2) is 4.79 Å². The highest BCUT2D eigenvalue weighted by Crippen LogP contribution is 2.32. The number of halogens is 1. The van der Waals surface area contributed by atoms with Crippen LogP contribution in [-0.2, 0) is 4.79 Å². The Balaban J connectivity index is 2.10. The number of aromatic nitrogens is 1. The van der Waals surface area contributed by atoms with E-state index in [2.05, 4.69) is 10.3 Å². The highest BCUT2D eigenvalue weighted by molar-refractivity contribution is 6.31. The van der Waals surface area contributed by atoms with Crippen LogP contribution < -0.4 is 5.32 Å². The molecule has 0 saturated heterocycles. The summed E-state index contributed by atoms with van der Waals surface area (Å²) in [5, 5.41) is 12.0. The van der Waals surface area contributed by atoms with Crippen molar-refractivity contribution < 1.29 is 14.7 Å². The van der Waals surface area contributed by atoms with E-state index in [0.717, 1.165) is 6.42 Å². The zero-order valence-corrected chi connectivity index (χ0v) is 9.17. The molecule has 1 heterocycles. The summed E-state index contributed by atoms with van der Waals surface area (Å²) in [6, 6.07) is 1.46. The summed E-state index contributed by atoms with van der Waals surface area (Å²) in [6.07, 6.45) is 3.24. The Bertz CT molecular complexity index is 437.